The van der Waals surface area contributed by atoms with Crippen molar-refractivity contribution in [3.8, 4) is 0 Å². The molecule has 1 aromatic rings. The van der Waals surface area contributed by atoms with Crippen LogP contribution < -0.4 is 12.4 Å². The molecule has 0 aliphatic carbocycles. The molecule has 0 fully saturated rings. The van der Waals surface area contributed by atoms with E-state index in [1.165, 1.54) is 5.56 Å². The second-order valence-electron chi connectivity index (χ2n) is 1.88. The average molecular weight is 230 g/mol. The molecule has 0 unspecified atom stereocenters. The van der Waals surface area contributed by atoms with Gasteiger partial charge in [-0.05, 0) is 0 Å². The Bertz CT molecular complexity index is 185. The molecule has 0 saturated heterocycles. The van der Waals surface area contributed by atoms with Crippen LogP contribution in [0.1, 0.15) is 5.56 Å². The molecule has 50 valence electrons. The molecule has 0 atom stereocenters. The van der Waals surface area contributed by atoms with Crippen LogP contribution in [0.4, 0.5) is 0 Å². The Morgan fingerprint density at radius 3 is 2.10 bits per heavy atom. The summed E-state index contributed by atoms with van der Waals surface area (Å²) in [4.78, 5) is 0. The molecule has 3 heteroatoms. The van der Waals surface area contributed by atoms with Gasteiger partial charge in [0.2, 0.25) is 0 Å². The van der Waals surface area contributed by atoms with E-state index >= 15 is 0 Å². The molecule has 0 radical (unpaired) electrons. The zero-order chi connectivity index (χ0) is 6.69. The summed E-state index contributed by atoms with van der Waals surface area (Å²) in [5, 5.41) is 0. The van der Waals surface area contributed by atoms with Crippen molar-refractivity contribution >= 4 is 37.6 Å². The van der Waals surface area contributed by atoms with E-state index in [1.807, 2.05) is 21.7 Å². The van der Waals surface area contributed by atoms with Crippen molar-refractivity contribution in [3.63, 3.8) is 0 Å². The van der Waals surface area contributed by atoms with Crippen LogP contribution in [0.25, 0.3) is 0 Å². The quantitative estimate of drug-likeness (QED) is 0.549. The SMILES string of the molecule is [Cl-].[Mg+][CH2]c1ccc(Br)cc1. The molecule has 0 bridgehead atoms. The summed E-state index contributed by atoms with van der Waals surface area (Å²) in [5.41, 5.74) is 1.40. The van der Waals surface area contributed by atoms with Crippen molar-refractivity contribution < 1.29 is 12.4 Å². The fourth-order valence-corrected chi connectivity index (χ4v) is 1.25. The molecule has 10 heavy (non-hydrogen) atoms. The number of rotatable bonds is 1. The molecule has 1 aromatic carbocycles. The Kier molecular flexibility index (Phi) is 5.82. The summed E-state index contributed by atoms with van der Waals surface area (Å²) in [6.45, 7) is 0. The molecule has 0 spiro atoms. The fourth-order valence-electron chi connectivity index (χ4n) is 0.651. The van der Waals surface area contributed by atoms with Gasteiger partial charge in [-0.3, -0.25) is 0 Å². The molecule has 0 N–H and O–H groups in total. The predicted molar refractivity (Wildman–Crippen MR) is 43.6 cm³/mol. The Morgan fingerprint density at radius 1 is 1.20 bits per heavy atom. The first-order valence-corrected chi connectivity index (χ1v) is 4.66. The van der Waals surface area contributed by atoms with E-state index in [4.69, 9.17) is 0 Å². The minimum absolute atomic E-state index is 0. The topological polar surface area (TPSA) is 0 Å². The van der Waals surface area contributed by atoms with Crippen LogP contribution in [0.15, 0.2) is 28.7 Å². The zero-order valence-corrected chi connectivity index (χ0v) is 9.24. The number of halogens is 2. The molecular weight excluding hydrogens is 224 g/mol. The van der Waals surface area contributed by atoms with E-state index in [0.717, 1.165) is 9.02 Å². The third kappa shape index (κ3) is 3.24. The predicted octanol–water partition coefficient (Wildman–Crippen LogP) is -0.878. The van der Waals surface area contributed by atoms with Gasteiger partial charge in [-0.25, -0.2) is 0 Å². The van der Waals surface area contributed by atoms with Gasteiger partial charge >= 0.3 is 76.5 Å². The molecule has 0 amide bonds. The van der Waals surface area contributed by atoms with Crippen LogP contribution in [0, 0.1) is 0 Å². The molecule has 0 aromatic heterocycles. The van der Waals surface area contributed by atoms with E-state index in [0.29, 0.717) is 0 Å². The molecule has 1 rings (SSSR count). The third-order valence-electron chi connectivity index (χ3n) is 1.20. The van der Waals surface area contributed by atoms with Gasteiger partial charge in [0.25, 0.3) is 0 Å². The van der Waals surface area contributed by atoms with Crippen molar-refractivity contribution in [2.75, 3.05) is 0 Å². The second-order valence-corrected chi connectivity index (χ2v) is 3.29. The summed E-state index contributed by atoms with van der Waals surface area (Å²) in [6.07, 6.45) is 0. The zero-order valence-electron chi connectivity index (χ0n) is 5.48. The van der Waals surface area contributed by atoms with Crippen molar-refractivity contribution in [2.24, 2.45) is 0 Å². The van der Waals surface area contributed by atoms with Gasteiger partial charge in [0.15, 0.2) is 0 Å². The molecule has 0 heterocycles. The Balaban J connectivity index is 0.000000810. The molecule has 0 nitrogen and oxygen atoms in total. The van der Waals surface area contributed by atoms with Crippen molar-refractivity contribution in [1.82, 2.24) is 0 Å². The van der Waals surface area contributed by atoms with Crippen LogP contribution in [0.5, 0.6) is 0 Å². The summed E-state index contributed by atoms with van der Waals surface area (Å²) in [5.74, 6) is 0. The van der Waals surface area contributed by atoms with E-state index < -0.39 is 0 Å². The standard InChI is InChI=1S/C7H6Br.ClH.Mg/c1-6-2-4-7(8)5-3-6;;/h2-5H,1H2;1H;/q;;+1/p-1. The van der Waals surface area contributed by atoms with Crippen LogP contribution in [-0.2, 0) is 4.55 Å². The van der Waals surface area contributed by atoms with Crippen LogP contribution in [0.2, 0.25) is 0 Å². The molecular formula is C7H6BrClMg. The first-order valence-electron chi connectivity index (χ1n) is 2.86. The normalized spacial score (nSPS) is 8.70. The second kappa shape index (κ2) is 5.41. The van der Waals surface area contributed by atoms with E-state index in [2.05, 4.69) is 40.2 Å². The maximum absolute atomic E-state index is 3.38. The Labute approximate surface area is 88.4 Å². The fraction of sp³-hybridized carbons (Fsp3) is 0.143. The average Bonchev–Trinajstić information content (AvgIpc) is 1.90. The molecule has 0 saturated carbocycles. The van der Waals surface area contributed by atoms with E-state index in [-0.39, 0.29) is 12.4 Å². The summed E-state index contributed by atoms with van der Waals surface area (Å²) >= 11 is 5.35. The first-order chi connectivity index (χ1) is 4.33. The van der Waals surface area contributed by atoms with Gasteiger partial charge in [-0.1, -0.05) is 0 Å². The Morgan fingerprint density at radius 2 is 1.70 bits per heavy atom. The number of hydrogen-bond donors (Lipinski definition) is 0. The maximum atomic E-state index is 3.38. The summed E-state index contributed by atoms with van der Waals surface area (Å²) < 4.78 is 2.30. The number of benzene rings is 1. The Hall–Kier alpha value is 0.756. The molecule has 0 aliphatic rings. The van der Waals surface area contributed by atoms with E-state index in [1.54, 1.807) is 0 Å². The van der Waals surface area contributed by atoms with Gasteiger partial charge in [0, 0.05) is 0 Å². The summed E-state index contributed by atoms with van der Waals surface area (Å²) in [6, 6.07) is 8.42. The minimum atomic E-state index is 0. The molecule has 0 aliphatic heterocycles. The van der Waals surface area contributed by atoms with Crippen LogP contribution in [-0.4, -0.2) is 21.7 Å². The van der Waals surface area contributed by atoms with Gasteiger partial charge in [-0.2, -0.15) is 0 Å². The number of hydrogen-bond acceptors (Lipinski definition) is 0. The van der Waals surface area contributed by atoms with Crippen molar-refractivity contribution in [1.29, 1.82) is 0 Å². The van der Waals surface area contributed by atoms with Crippen molar-refractivity contribution in [2.45, 2.75) is 4.55 Å². The van der Waals surface area contributed by atoms with Crippen molar-refractivity contribution in [3.05, 3.63) is 34.3 Å². The van der Waals surface area contributed by atoms with Crippen LogP contribution >= 0.6 is 15.9 Å². The van der Waals surface area contributed by atoms with Crippen LogP contribution in [0.3, 0.4) is 0 Å². The third-order valence-corrected chi connectivity index (χ3v) is 2.31. The van der Waals surface area contributed by atoms with Gasteiger partial charge in [-0.15, -0.1) is 0 Å². The van der Waals surface area contributed by atoms with Gasteiger partial charge in [0.05, 0.1) is 0 Å². The van der Waals surface area contributed by atoms with E-state index in [9.17, 15) is 0 Å². The van der Waals surface area contributed by atoms with Gasteiger partial charge < -0.3 is 12.4 Å². The summed E-state index contributed by atoms with van der Waals surface area (Å²) in [7, 11) is 0. The monoisotopic (exact) mass is 228 g/mol. The first kappa shape index (κ1) is 10.8. The van der Waals surface area contributed by atoms with Gasteiger partial charge in [0.1, 0.15) is 0 Å².